The first-order valence-electron chi connectivity index (χ1n) is 10.2. The average Bonchev–Trinajstić information content (AvgIpc) is 3.03. The van der Waals surface area contributed by atoms with Crippen LogP contribution in [0.4, 0.5) is 15.8 Å². The third kappa shape index (κ3) is 4.23. The minimum absolute atomic E-state index is 0.0378. The van der Waals surface area contributed by atoms with Gasteiger partial charge in [0.25, 0.3) is 5.91 Å². The van der Waals surface area contributed by atoms with Crippen molar-refractivity contribution in [2.45, 2.75) is 45.6 Å². The molecular formula is C24H25ClFN3OS. The summed E-state index contributed by atoms with van der Waals surface area (Å²) in [6.45, 7) is 8.43. The van der Waals surface area contributed by atoms with Gasteiger partial charge in [0, 0.05) is 28.9 Å². The van der Waals surface area contributed by atoms with Gasteiger partial charge in [-0.05, 0) is 86.3 Å². The molecular weight excluding hydrogens is 433 g/mol. The summed E-state index contributed by atoms with van der Waals surface area (Å²) in [5.41, 5.74) is 4.02. The molecule has 2 aliphatic heterocycles. The smallest absolute Gasteiger partial charge is 0.264 e. The summed E-state index contributed by atoms with van der Waals surface area (Å²) in [4.78, 5) is 19.6. The van der Waals surface area contributed by atoms with Gasteiger partial charge < -0.3 is 10.2 Å². The van der Waals surface area contributed by atoms with E-state index in [1.54, 1.807) is 24.3 Å². The van der Waals surface area contributed by atoms with Crippen LogP contribution in [0.3, 0.4) is 0 Å². The van der Waals surface area contributed by atoms with E-state index in [4.69, 9.17) is 11.6 Å². The van der Waals surface area contributed by atoms with Crippen LogP contribution in [-0.4, -0.2) is 23.7 Å². The number of aliphatic imine (C=N–C) groups is 1. The fourth-order valence-corrected chi connectivity index (χ4v) is 5.14. The van der Waals surface area contributed by atoms with Gasteiger partial charge in [0.1, 0.15) is 5.82 Å². The van der Waals surface area contributed by atoms with Gasteiger partial charge in [-0.15, -0.1) is 0 Å². The number of amides is 1. The number of thioether (sulfide) groups is 1. The van der Waals surface area contributed by atoms with E-state index in [1.807, 2.05) is 26.1 Å². The molecule has 1 N–H and O–H groups in total. The van der Waals surface area contributed by atoms with Gasteiger partial charge in [0.15, 0.2) is 5.17 Å². The summed E-state index contributed by atoms with van der Waals surface area (Å²) >= 11 is 7.26. The van der Waals surface area contributed by atoms with Gasteiger partial charge in [-0.1, -0.05) is 24.6 Å². The summed E-state index contributed by atoms with van der Waals surface area (Å²) < 4.78 is 15.0. The van der Waals surface area contributed by atoms with Crippen molar-refractivity contribution >= 4 is 51.9 Å². The van der Waals surface area contributed by atoms with Gasteiger partial charge in [0.2, 0.25) is 0 Å². The van der Waals surface area contributed by atoms with Crippen LogP contribution in [-0.2, 0) is 4.79 Å². The highest BCUT2D eigenvalue weighted by Gasteiger charge is 2.35. The molecule has 2 aromatic carbocycles. The van der Waals surface area contributed by atoms with Crippen molar-refractivity contribution in [2.24, 2.45) is 4.99 Å². The predicted molar refractivity (Wildman–Crippen MR) is 129 cm³/mol. The molecule has 2 heterocycles. The Labute approximate surface area is 191 Å². The van der Waals surface area contributed by atoms with Crippen LogP contribution in [0.1, 0.15) is 49.8 Å². The average molecular weight is 458 g/mol. The molecule has 0 aromatic heterocycles. The largest absolute Gasteiger partial charge is 0.369 e. The zero-order valence-corrected chi connectivity index (χ0v) is 19.8. The van der Waals surface area contributed by atoms with Crippen LogP contribution in [0.25, 0.3) is 6.08 Å². The van der Waals surface area contributed by atoms with Crippen LogP contribution in [0.15, 0.2) is 40.2 Å². The molecule has 0 aliphatic carbocycles. The van der Waals surface area contributed by atoms with E-state index >= 15 is 0 Å². The topological polar surface area (TPSA) is 44.7 Å². The third-order valence-corrected chi connectivity index (χ3v) is 7.23. The Balaban J connectivity index is 1.67. The van der Waals surface area contributed by atoms with E-state index in [-0.39, 0.29) is 17.3 Å². The lowest BCUT2D eigenvalue weighted by Gasteiger charge is -2.45. The summed E-state index contributed by atoms with van der Waals surface area (Å²) in [7, 11) is 2.00. The second-order valence-electron chi connectivity index (χ2n) is 8.82. The molecule has 0 radical (unpaired) electrons. The maximum atomic E-state index is 15.0. The summed E-state index contributed by atoms with van der Waals surface area (Å²) in [5, 5.41) is 3.79. The number of nitrogens with one attached hydrogen (secondary N) is 1. The molecule has 0 bridgehead atoms. The fraction of sp³-hybridized carbons (Fsp3) is 0.333. The van der Waals surface area contributed by atoms with Crippen molar-refractivity contribution in [1.82, 2.24) is 5.32 Å². The van der Waals surface area contributed by atoms with Crippen LogP contribution in [0, 0.1) is 12.7 Å². The van der Waals surface area contributed by atoms with Crippen LogP contribution in [0.5, 0.6) is 0 Å². The molecule has 1 fully saturated rings. The number of carbonyl (C=O) groups excluding carboxylic acids is 1. The van der Waals surface area contributed by atoms with E-state index in [9.17, 15) is 9.18 Å². The van der Waals surface area contributed by atoms with Gasteiger partial charge >= 0.3 is 0 Å². The van der Waals surface area contributed by atoms with Crippen molar-refractivity contribution in [3.8, 4) is 0 Å². The molecule has 2 aliphatic rings. The highest BCUT2D eigenvalue weighted by molar-refractivity contribution is 8.18. The molecule has 1 saturated heterocycles. The van der Waals surface area contributed by atoms with E-state index in [0.29, 0.717) is 32.3 Å². The zero-order chi connectivity index (χ0) is 22.5. The molecule has 1 unspecified atom stereocenters. The highest BCUT2D eigenvalue weighted by atomic mass is 35.5. The minimum Gasteiger partial charge on any atom is -0.369 e. The first-order chi connectivity index (χ1) is 14.5. The first kappa shape index (κ1) is 21.9. The SMILES string of the molecule is Cc1ccc(Cl)cc1N=C1NC(=O)/C(=C\c2cc3c(cc2F)N(C)C(C)(C)CC3C)S1. The number of fused-ring (bicyclic) bond motifs is 1. The number of halogens is 2. The molecule has 4 nitrogen and oxygen atoms in total. The Morgan fingerprint density at radius 2 is 2.06 bits per heavy atom. The number of anilines is 1. The molecule has 7 heteroatoms. The second kappa shape index (κ2) is 7.99. The monoisotopic (exact) mass is 457 g/mol. The lowest BCUT2D eigenvalue weighted by Crippen LogP contribution is -2.45. The van der Waals surface area contributed by atoms with Gasteiger partial charge in [-0.2, -0.15) is 0 Å². The Kier molecular flexibility index (Phi) is 5.64. The summed E-state index contributed by atoms with van der Waals surface area (Å²) in [5.74, 6) is -0.328. The van der Waals surface area contributed by atoms with Crippen molar-refractivity contribution in [1.29, 1.82) is 0 Å². The highest BCUT2D eigenvalue weighted by Crippen LogP contribution is 2.43. The fourth-order valence-electron chi connectivity index (χ4n) is 4.15. The number of carbonyl (C=O) groups is 1. The number of rotatable bonds is 2. The quantitative estimate of drug-likeness (QED) is 0.530. The molecule has 31 heavy (non-hydrogen) atoms. The second-order valence-corrected chi connectivity index (χ2v) is 10.3. The van der Waals surface area contributed by atoms with Crippen molar-refractivity contribution in [2.75, 3.05) is 11.9 Å². The number of amidine groups is 1. The molecule has 0 spiro atoms. The van der Waals surface area contributed by atoms with Gasteiger partial charge in [-0.25, -0.2) is 9.38 Å². The molecule has 162 valence electrons. The lowest BCUT2D eigenvalue weighted by molar-refractivity contribution is -0.115. The maximum absolute atomic E-state index is 15.0. The Morgan fingerprint density at radius 3 is 2.81 bits per heavy atom. The van der Waals surface area contributed by atoms with Crippen molar-refractivity contribution < 1.29 is 9.18 Å². The van der Waals surface area contributed by atoms with E-state index in [1.165, 1.54) is 11.8 Å². The van der Waals surface area contributed by atoms with Crippen molar-refractivity contribution in [3.05, 3.63) is 62.8 Å². The zero-order valence-electron chi connectivity index (χ0n) is 18.2. The molecule has 1 amide bonds. The van der Waals surface area contributed by atoms with E-state index in [0.717, 1.165) is 23.2 Å². The standard InChI is InChI=1S/C24H25ClFN3OS/c1-13-6-7-16(25)10-19(13)27-23-28-22(30)21(31-23)9-15-8-17-14(2)12-24(3,4)29(5)20(17)11-18(15)26/h6-11,14H,12H2,1-5H3,(H,27,28,30)/b21-9+. The predicted octanol–water partition coefficient (Wildman–Crippen LogP) is 6.40. The molecule has 0 saturated carbocycles. The summed E-state index contributed by atoms with van der Waals surface area (Å²) in [6.07, 6.45) is 2.58. The third-order valence-electron chi connectivity index (χ3n) is 6.08. The van der Waals surface area contributed by atoms with Crippen LogP contribution >= 0.6 is 23.4 Å². The number of aryl methyl sites for hydroxylation is 1. The van der Waals surface area contributed by atoms with Gasteiger partial charge in [-0.3, -0.25) is 4.79 Å². The summed E-state index contributed by atoms with van der Waals surface area (Å²) in [6, 6.07) is 8.88. The Morgan fingerprint density at radius 1 is 1.32 bits per heavy atom. The number of nitrogens with zero attached hydrogens (tertiary/aromatic N) is 2. The number of hydrogen-bond donors (Lipinski definition) is 1. The van der Waals surface area contributed by atoms with Gasteiger partial charge in [0.05, 0.1) is 10.6 Å². The first-order valence-corrected chi connectivity index (χ1v) is 11.4. The van der Waals surface area contributed by atoms with Crippen LogP contribution in [0.2, 0.25) is 5.02 Å². The maximum Gasteiger partial charge on any atom is 0.264 e. The van der Waals surface area contributed by atoms with E-state index in [2.05, 4.69) is 36.0 Å². The molecule has 1 atom stereocenters. The van der Waals surface area contributed by atoms with E-state index < -0.39 is 0 Å². The Bertz CT molecular complexity index is 1140. The van der Waals surface area contributed by atoms with Crippen LogP contribution < -0.4 is 10.2 Å². The number of hydrogen-bond acceptors (Lipinski definition) is 4. The molecule has 4 rings (SSSR count). The lowest BCUT2D eigenvalue weighted by atomic mass is 9.80. The Hall–Kier alpha value is -2.31. The minimum atomic E-state index is -0.340. The normalized spacial score (nSPS) is 22.7. The van der Waals surface area contributed by atoms with Crippen molar-refractivity contribution in [3.63, 3.8) is 0 Å². The number of benzene rings is 2. The molecule has 2 aromatic rings.